The van der Waals surface area contributed by atoms with Gasteiger partial charge in [0.2, 0.25) is 5.95 Å². The van der Waals surface area contributed by atoms with E-state index in [1.54, 1.807) is 18.5 Å². The molecule has 0 radical (unpaired) electrons. The standard InChI is InChI=1S/C23H26FN5O2/c1-15-11-25-23(27-18-12-26-29(13-18)19-6-8-30-9-7-19)28-22(15)17-4-5-21(20(24)10-17)31-14-16-2-3-16/h4-5,10-13,16,19H,2-3,6-9,14H2,1H3,(H,25,27,28). The van der Waals surface area contributed by atoms with Crippen LogP contribution in [-0.4, -0.2) is 39.6 Å². The van der Waals surface area contributed by atoms with Gasteiger partial charge >= 0.3 is 0 Å². The lowest BCUT2D eigenvalue weighted by Gasteiger charge is -2.22. The van der Waals surface area contributed by atoms with Gasteiger partial charge in [-0.1, -0.05) is 0 Å². The maximum atomic E-state index is 14.6. The fourth-order valence-electron chi connectivity index (χ4n) is 3.73. The molecule has 0 atom stereocenters. The van der Waals surface area contributed by atoms with Crippen molar-refractivity contribution < 1.29 is 13.9 Å². The van der Waals surface area contributed by atoms with Crippen LogP contribution in [0.25, 0.3) is 11.3 Å². The second-order valence-electron chi connectivity index (χ2n) is 8.30. The molecule has 1 N–H and O–H groups in total. The van der Waals surface area contributed by atoms with Gasteiger partial charge in [-0.15, -0.1) is 0 Å². The van der Waals surface area contributed by atoms with E-state index in [4.69, 9.17) is 9.47 Å². The predicted octanol–water partition coefficient (Wildman–Crippen LogP) is 4.67. The first kappa shape index (κ1) is 19.9. The van der Waals surface area contributed by atoms with Crippen molar-refractivity contribution in [3.63, 3.8) is 0 Å². The van der Waals surface area contributed by atoms with Crippen LogP contribution >= 0.6 is 0 Å². The zero-order valence-corrected chi connectivity index (χ0v) is 17.6. The van der Waals surface area contributed by atoms with Gasteiger partial charge in [-0.25, -0.2) is 14.4 Å². The van der Waals surface area contributed by atoms with Crippen LogP contribution in [0, 0.1) is 18.7 Å². The fourth-order valence-corrected chi connectivity index (χ4v) is 3.73. The maximum absolute atomic E-state index is 14.6. The lowest BCUT2D eigenvalue weighted by Crippen LogP contribution is -2.19. The number of aryl methyl sites for hydroxylation is 1. The summed E-state index contributed by atoms with van der Waals surface area (Å²) in [7, 11) is 0. The summed E-state index contributed by atoms with van der Waals surface area (Å²) in [5, 5.41) is 7.68. The molecule has 5 rings (SSSR count). The van der Waals surface area contributed by atoms with Crippen LogP contribution in [0.3, 0.4) is 0 Å². The Bertz CT molecular complexity index is 1060. The number of aromatic nitrogens is 4. The second kappa shape index (κ2) is 8.63. The molecule has 1 saturated heterocycles. The smallest absolute Gasteiger partial charge is 0.227 e. The Morgan fingerprint density at radius 3 is 2.81 bits per heavy atom. The largest absolute Gasteiger partial charge is 0.490 e. The molecule has 0 spiro atoms. The molecule has 3 aromatic rings. The van der Waals surface area contributed by atoms with E-state index in [9.17, 15) is 4.39 Å². The van der Waals surface area contributed by atoms with Gasteiger partial charge in [-0.05, 0) is 62.3 Å². The highest BCUT2D eigenvalue weighted by Gasteiger charge is 2.22. The van der Waals surface area contributed by atoms with Gasteiger partial charge in [0.1, 0.15) is 0 Å². The van der Waals surface area contributed by atoms with Gasteiger partial charge in [-0.3, -0.25) is 4.68 Å². The van der Waals surface area contributed by atoms with E-state index in [0.29, 0.717) is 41.5 Å². The van der Waals surface area contributed by atoms with Crippen molar-refractivity contribution in [1.29, 1.82) is 0 Å². The van der Waals surface area contributed by atoms with Crippen molar-refractivity contribution >= 4 is 11.6 Å². The third-order valence-corrected chi connectivity index (χ3v) is 5.77. The van der Waals surface area contributed by atoms with Crippen LogP contribution in [0.4, 0.5) is 16.0 Å². The number of nitrogens with one attached hydrogen (secondary N) is 1. The van der Waals surface area contributed by atoms with Crippen LogP contribution in [-0.2, 0) is 4.74 Å². The lowest BCUT2D eigenvalue weighted by molar-refractivity contribution is 0.0662. The summed E-state index contributed by atoms with van der Waals surface area (Å²) in [6.45, 7) is 4.02. The molecule has 2 aromatic heterocycles. The molecule has 1 aliphatic carbocycles. The summed E-state index contributed by atoms with van der Waals surface area (Å²) in [6, 6.07) is 5.35. The molecule has 1 aromatic carbocycles. The van der Waals surface area contributed by atoms with Gasteiger partial charge in [0, 0.05) is 31.2 Å². The van der Waals surface area contributed by atoms with E-state index in [-0.39, 0.29) is 5.82 Å². The van der Waals surface area contributed by atoms with E-state index in [1.807, 2.05) is 23.9 Å². The van der Waals surface area contributed by atoms with Gasteiger partial charge in [0.25, 0.3) is 0 Å². The molecule has 1 aliphatic heterocycles. The second-order valence-corrected chi connectivity index (χ2v) is 8.30. The van der Waals surface area contributed by atoms with E-state index < -0.39 is 0 Å². The Balaban J connectivity index is 1.32. The van der Waals surface area contributed by atoms with E-state index in [1.165, 1.54) is 18.9 Å². The molecule has 8 heteroatoms. The molecule has 2 aliphatic rings. The Hall–Kier alpha value is -3.00. The SMILES string of the molecule is Cc1cnc(Nc2cnn(C3CCOCC3)c2)nc1-c1ccc(OCC2CC2)c(F)c1. The Kier molecular flexibility index (Phi) is 5.55. The fraction of sp³-hybridized carbons (Fsp3) is 0.435. The van der Waals surface area contributed by atoms with Gasteiger partial charge in [0.15, 0.2) is 11.6 Å². The van der Waals surface area contributed by atoms with Gasteiger partial charge in [0.05, 0.1) is 30.2 Å². The molecule has 0 amide bonds. The first-order valence-corrected chi connectivity index (χ1v) is 10.8. The number of rotatable bonds is 7. The summed E-state index contributed by atoms with van der Waals surface area (Å²) in [6.07, 6.45) is 9.72. The normalized spacial score (nSPS) is 17.0. The minimum absolute atomic E-state index is 0.293. The van der Waals surface area contributed by atoms with Crippen molar-refractivity contribution in [3.8, 4) is 17.0 Å². The van der Waals surface area contributed by atoms with Crippen molar-refractivity contribution in [1.82, 2.24) is 19.7 Å². The zero-order valence-electron chi connectivity index (χ0n) is 17.6. The molecule has 0 unspecified atom stereocenters. The van der Waals surface area contributed by atoms with Gasteiger partial charge < -0.3 is 14.8 Å². The Morgan fingerprint density at radius 1 is 1.19 bits per heavy atom. The topological polar surface area (TPSA) is 74.1 Å². The summed E-state index contributed by atoms with van der Waals surface area (Å²) in [5.41, 5.74) is 3.06. The summed E-state index contributed by atoms with van der Waals surface area (Å²) in [4.78, 5) is 9.01. The van der Waals surface area contributed by atoms with Crippen molar-refractivity contribution in [2.75, 3.05) is 25.1 Å². The minimum Gasteiger partial charge on any atom is -0.490 e. The number of ether oxygens (including phenoxy) is 2. The number of hydrogen-bond donors (Lipinski definition) is 1. The molecule has 31 heavy (non-hydrogen) atoms. The maximum Gasteiger partial charge on any atom is 0.227 e. The first-order chi connectivity index (χ1) is 15.2. The van der Waals surface area contributed by atoms with Crippen molar-refractivity contribution in [2.24, 2.45) is 5.92 Å². The number of hydrogen-bond acceptors (Lipinski definition) is 6. The Morgan fingerprint density at radius 2 is 2.03 bits per heavy atom. The lowest BCUT2D eigenvalue weighted by atomic mass is 10.1. The Labute approximate surface area is 180 Å². The summed E-state index contributed by atoms with van der Waals surface area (Å²) < 4.78 is 27.6. The number of benzene rings is 1. The van der Waals surface area contributed by atoms with Crippen molar-refractivity contribution in [3.05, 3.63) is 48.2 Å². The predicted molar refractivity (Wildman–Crippen MR) is 115 cm³/mol. The highest BCUT2D eigenvalue weighted by Crippen LogP contribution is 2.32. The molecule has 3 heterocycles. The average molecular weight is 423 g/mol. The third-order valence-electron chi connectivity index (χ3n) is 5.77. The van der Waals surface area contributed by atoms with Crippen LogP contribution < -0.4 is 10.1 Å². The molecular weight excluding hydrogens is 397 g/mol. The number of anilines is 2. The van der Waals surface area contributed by atoms with Crippen LogP contribution in [0.1, 0.15) is 37.3 Å². The number of halogens is 1. The summed E-state index contributed by atoms with van der Waals surface area (Å²) in [5.74, 6) is 0.943. The molecule has 1 saturated carbocycles. The highest BCUT2D eigenvalue weighted by atomic mass is 19.1. The molecule has 162 valence electrons. The highest BCUT2D eigenvalue weighted by molar-refractivity contribution is 5.65. The molecular formula is C23H26FN5O2. The monoisotopic (exact) mass is 423 g/mol. The van der Waals surface area contributed by atoms with Crippen molar-refractivity contribution in [2.45, 2.75) is 38.6 Å². The summed E-state index contributed by atoms with van der Waals surface area (Å²) >= 11 is 0. The first-order valence-electron chi connectivity index (χ1n) is 10.8. The zero-order chi connectivity index (χ0) is 21.2. The van der Waals surface area contributed by atoms with Crippen LogP contribution in [0.15, 0.2) is 36.8 Å². The molecule has 0 bridgehead atoms. The third kappa shape index (κ3) is 4.69. The van der Waals surface area contributed by atoms with E-state index in [0.717, 1.165) is 37.3 Å². The molecule has 7 nitrogen and oxygen atoms in total. The molecule has 2 fully saturated rings. The van der Waals surface area contributed by atoms with Gasteiger partial charge in [-0.2, -0.15) is 5.10 Å². The minimum atomic E-state index is -0.372. The van der Waals surface area contributed by atoms with E-state index in [2.05, 4.69) is 20.4 Å². The number of nitrogens with zero attached hydrogens (tertiary/aromatic N) is 4. The average Bonchev–Trinajstić information content (AvgIpc) is 3.51. The quantitative estimate of drug-likeness (QED) is 0.595. The van der Waals surface area contributed by atoms with Crippen LogP contribution in [0.2, 0.25) is 0 Å². The van der Waals surface area contributed by atoms with E-state index >= 15 is 0 Å². The van der Waals surface area contributed by atoms with Crippen LogP contribution in [0.5, 0.6) is 5.75 Å².